The molecule has 0 saturated carbocycles. The van der Waals surface area contributed by atoms with Crippen LogP contribution in [0.1, 0.15) is 52.5 Å². The molecule has 0 atom stereocenters. The number of nitrogens with zero attached hydrogens (tertiary/aromatic N) is 1. The minimum atomic E-state index is 0.799. The van der Waals surface area contributed by atoms with E-state index in [-0.39, 0.29) is 0 Å². The molecule has 2 heteroatoms. The zero-order chi connectivity index (χ0) is 17.6. The maximum atomic E-state index is 5.68. The Morgan fingerprint density at radius 2 is 1.67 bits per heavy atom. The Balaban J connectivity index is 2.53. The van der Waals surface area contributed by atoms with Crippen LogP contribution in [-0.2, 0) is 0 Å². The largest absolute Gasteiger partial charge is 0.494 e. The number of benzene rings is 1. The van der Waals surface area contributed by atoms with Crippen molar-refractivity contribution in [2.75, 3.05) is 19.7 Å². The standard InChI is InChI=1S/C22H33NO/c1-5-9-19-24-22-17-15-20(16-18-22)13-11-10-12-14-21(6-2)23(7-3)8-4/h10-18H,5-9,19H2,1-4H3/b12-10+,13-11+,21-14+. The van der Waals surface area contributed by atoms with Crippen molar-refractivity contribution >= 4 is 6.08 Å². The van der Waals surface area contributed by atoms with Gasteiger partial charge < -0.3 is 9.64 Å². The molecule has 0 aliphatic carbocycles. The lowest BCUT2D eigenvalue weighted by Crippen LogP contribution is -2.21. The lowest BCUT2D eigenvalue weighted by molar-refractivity contribution is 0.309. The molecule has 0 aromatic heterocycles. The van der Waals surface area contributed by atoms with Crippen molar-refractivity contribution < 1.29 is 4.74 Å². The van der Waals surface area contributed by atoms with E-state index in [9.17, 15) is 0 Å². The Kier molecular flexibility index (Phi) is 10.4. The van der Waals surface area contributed by atoms with Crippen molar-refractivity contribution in [3.05, 3.63) is 59.8 Å². The molecule has 0 N–H and O–H groups in total. The van der Waals surface area contributed by atoms with Gasteiger partial charge in [-0.15, -0.1) is 0 Å². The average molecular weight is 328 g/mol. The van der Waals surface area contributed by atoms with Gasteiger partial charge in [-0.05, 0) is 50.5 Å². The second-order valence-electron chi connectivity index (χ2n) is 5.70. The van der Waals surface area contributed by atoms with Gasteiger partial charge in [0.05, 0.1) is 6.61 Å². The minimum Gasteiger partial charge on any atom is -0.494 e. The predicted molar refractivity (Wildman–Crippen MR) is 106 cm³/mol. The van der Waals surface area contributed by atoms with Crippen molar-refractivity contribution in [1.82, 2.24) is 4.90 Å². The number of hydrogen-bond acceptors (Lipinski definition) is 2. The third-order valence-corrected chi connectivity index (χ3v) is 3.98. The predicted octanol–water partition coefficient (Wildman–Crippen LogP) is 6.07. The van der Waals surface area contributed by atoms with Gasteiger partial charge in [0.1, 0.15) is 5.75 Å². The van der Waals surface area contributed by atoms with Crippen molar-refractivity contribution in [2.45, 2.75) is 47.0 Å². The van der Waals surface area contributed by atoms with E-state index in [1.165, 1.54) is 11.3 Å². The molecule has 132 valence electrons. The lowest BCUT2D eigenvalue weighted by Gasteiger charge is -2.23. The Hall–Kier alpha value is -1.96. The minimum absolute atomic E-state index is 0.799. The SMILES string of the molecule is CCCCOc1ccc(/C=C/C=C/C=C(\CC)N(CC)CC)cc1. The van der Waals surface area contributed by atoms with Gasteiger partial charge in [-0.25, -0.2) is 0 Å². The van der Waals surface area contributed by atoms with Gasteiger partial charge in [0.15, 0.2) is 0 Å². The van der Waals surface area contributed by atoms with Crippen LogP contribution in [0.2, 0.25) is 0 Å². The van der Waals surface area contributed by atoms with Crippen LogP contribution in [0.3, 0.4) is 0 Å². The summed E-state index contributed by atoms with van der Waals surface area (Å²) in [6.07, 6.45) is 13.9. The monoisotopic (exact) mass is 327 g/mol. The topological polar surface area (TPSA) is 12.5 Å². The molecular weight excluding hydrogens is 294 g/mol. The summed E-state index contributed by atoms with van der Waals surface area (Å²) in [7, 11) is 0. The molecule has 0 bridgehead atoms. The second-order valence-corrected chi connectivity index (χ2v) is 5.70. The Morgan fingerprint density at radius 1 is 0.958 bits per heavy atom. The van der Waals surface area contributed by atoms with Crippen LogP contribution in [0.5, 0.6) is 5.75 Å². The van der Waals surface area contributed by atoms with Gasteiger partial charge in [0, 0.05) is 18.8 Å². The van der Waals surface area contributed by atoms with Crippen LogP contribution in [0, 0.1) is 0 Å². The third kappa shape index (κ3) is 7.54. The third-order valence-electron chi connectivity index (χ3n) is 3.98. The summed E-state index contributed by atoms with van der Waals surface area (Å²) in [6, 6.07) is 8.26. The summed E-state index contributed by atoms with van der Waals surface area (Å²) in [5.74, 6) is 0.950. The van der Waals surface area contributed by atoms with E-state index in [4.69, 9.17) is 4.74 Å². The van der Waals surface area contributed by atoms with Crippen molar-refractivity contribution in [1.29, 1.82) is 0 Å². The van der Waals surface area contributed by atoms with E-state index in [0.29, 0.717) is 0 Å². The first kappa shape index (κ1) is 20.1. The molecule has 0 heterocycles. The molecule has 0 unspecified atom stereocenters. The molecule has 0 fully saturated rings. The molecule has 24 heavy (non-hydrogen) atoms. The van der Waals surface area contributed by atoms with Gasteiger partial charge in [-0.1, -0.05) is 56.7 Å². The number of unbranched alkanes of at least 4 members (excludes halogenated alkanes) is 1. The summed E-state index contributed by atoms with van der Waals surface area (Å²) in [5, 5.41) is 0. The zero-order valence-corrected chi connectivity index (χ0v) is 15.8. The number of hydrogen-bond donors (Lipinski definition) is 0. The van der Waals surface area contributed by atoms with Crippen molar-refractivity contribution in [2.24, 2.45) is 0 Å². The number of allylic oxidation sites excluding steroid dienone is 5. The van der Waals surface area contributed by atoms with Crippen LogP contribution in [0.4, 0.5) is 0 Å². The maximum absolute atomic E-state index is 5.68. The van der Waals surface area contributed by atoms with Crippen LogP contribution >= 0.6 is 0 Å². The first-order valence-electron chi connectivity index (χ1n) is 9.26. The summed E-state index contributed by atoms with van der Waals surface area (Å²) in [6.45, 7) is 11.7. The van der Waals surface area contributed by atoms with E-state index in [0.717, 1.165) is 44.7 Å². The molecule has 1 aromatic rings. The highest BCUT2D eigenvalue weighted by Gasteiger charge is 2.00. The second kappa shape index (κ2) is 12.5. The highest BCUT2D eigenvalue weighted by Crippen LogP contribution is 2.14. The average Bonchev–Trinajstić information content (AvgIpc) is 2.62. The normalized spacial score (nSPS) is 12.2. The number of ether oxygens (including phenoxy) is 1. The fourth-order valence-electron chi connectivity index (χ4n) is 2.48. The Labute approximate surface area is 148 Å². The van der Waals surface area contributed by atoms with Crippen LogP contribution in [0.25, 0.3) is 6.08 Å². The summed E-state index contributed by atoms with van der Waals surface area (Å²) < 4.78 is 5.68. The zero-order valence-electron chi connectivity index (χ0n) is 15.8. The quantitative estimate of drug-likeness (QED) is 0.361. The first-order chi connectivity index (χ1) is 11.7. The van der Waals surface area contributed by atoms with E-state index in [1.54, 1.807) is 0 Å². The highest BCUT2D eigenvalue weighted by atomic mass is 16.5. The molecule has 0 aliphatic heterocycles. The van der Waals surface area contributed by atoms with E-state index in [1.807, 2.05) is 12.1 Å². The van der Waals surface area contributed by atoms with E-state index in [2.05, 4.69) is 75.1 Å². The Bertz CT molecular complexity index is 521. The van der Waals surface area contributed by atoms with E-state index < -0.39 is 0 Å². The lowest BCUT2D eigenvalue weighted by atomic mass is 10.2. The van der Waals surface area contributed by atoms with Gasteiger partial charge in [-0.3, -0.25) is 0 Å². The molecule has 1 rings (SSSR count). The van der Waals surface area contributed by atoms with E-state index >= 15 is 0 Å². The van der Waals surface area contributed by atoms with Crippen molar-refractivity contribution in [3.63, 3.8) is 0 Å². The van der Waals surface area contributed by atoms with Crippen LogP contribution < -0.4 is 4.74 Å². The molecule has 0 aliphatic rings. The smallest absolute Gasteiger partial charge is 0.119 e. The maximum Gasteiger partial charge on any atom is 0.119 e. The molecule has 0 amide bonds. The van der Waals surface area contributed by atoms with Gasteiger partial charge in [0.25, 0.3) is 0 Å². The highest BCUT2D eigenvalue weighted by molar-refractivity contribution is 5.52. The molecule has 1 aromatic carbocycles. The molecule has 0 saturated heterocycles. The summed E-state index contributed by atoms with van der Waals surface area (Å²) in [5.41, 5.74) is 2.57. The fourth-order valence-corrected chi connectivity index (χ4v) is 2.48. The molecule has 0 spiro atoms. The van der Waals surface area contributed by atoms with Gasteiger partial charge in [-0.2, -0.15) is 0 Å². The van der Waals surface area contributed by atoms with Crippen LogP contribution in [0.15, 0.2) is 54.3 Å². The van der Waals surface area contributed by atoms with Gasteiger partial charge in [0.2, 0.25) is 0 Å². The fraction of sp³-hybridized carbons (Fsp3) is 0.455. The summed E-state index contributed by atoms with van der Waals surface area (Å²) >= 11 is 0. The molecule has 2 nitrogen and oxygen atoms in total. The van der Waals surface area contributed by atoms with Gasteiger partial charge >= 0.3 is 0 Å². The molecular formula is C22H33NO. The molecule has 0 radical (unpaired) electrons. The Morgan fingerprint density at radius 3 is 2.25 bits per heavy atom. The van der Waals surface area contributed by atoms with Crippen LogP contribution in [-0.4, -0.2) is 24.6 Å². The number of rotatable bonds is 11. The summed E-state index contributed by atoms with van der Waals surface area (Å²) in [4.78, 5) is 2.39. The van der Waals surface area contributed by atoms with Crippen molar-refractivity contribution in [3.8, 4) is 5.75 Å². The first-order valence-corrected chi connectivity index (χ1v) is 9.26.